The van der Waals surface area contributed by atoms with Gasteiger partial charge < -0.3 is 24.9 Å². The predicted octanol–water partition coefficient (Wildman–Crippen LogP) is 3.47. The van der Waals surface area contributed by atoms with Crippen molar-refractivity contribution in [3.63, 3.8) is 0 Å². The molecule has 2 aromatic heterocycles. The number of aryl methyl sites for hydroxylation is 1. The first-order chi connectivity index (χ1) is 16.9. The van der Waals surface area contributed by atoms with Crippen LogP contribution in [-0.4, -0.2) is 27.2 Å². The Morgan fingerprint density at radius 1 is 1.20 bits per heavy atom. The molecule has 2 aromatic carbocycles. The van der Waals surface area contributed by atoms with Gasteiger partial charge in [0.25, 0.3) is 5.56 Å². The van der Waals surface area contributed by atoms with Crippen molar-refractivity contribution in [1.82, 2.24) is 9.55 Å². The number of aliphatic hydroxyl groups excluding tert-OH is 1. The van der Waals surface area contributed by atoms with Gasteiger partial charge in [-0.2, -0.15) is 0 Å². The molecule has 0 amide bonds. The van der Waals surface area contributed by atoms with E-state index in [9.17, 15) is 14.7 Å². The smallest absolute Gasteiger partial charge is 0.340 e. The van der Waals surface area contributed by atoms with Crippen LogP contribution in [-0.2, 0) is 22.7 Å². The topological polar surface area (TPSA) is 117 Å². The lowest BCUT2D eigenvalue weighted by molar-refractivity contribution is -0.157. The number of fused-ring (bicyclic) bond motifs is 5. The zero-order chi connectivity index (χ0) is 24.4. The summed E-state index contributed by atoms with van der Waals surface area (Å²) in [4.78, 5) is 30.3. The summed E-state index contributed by atoms with van der Waals surface area (Å²) in [5.74, 6) is 0.0138. The van der Waals surface area contributed by atoms with Gasteiger partial charge in [0.05, 0.1) is 35.6 Å². The standard InChI is InChI=1S/C27H23N3O5/c1-3-34-22-10-17-20(7-13(22)2)29-24-18(23(17)14-5-4-6-15(28)8-14)11-30-21(24)9-16-19(26(30)32)12-35-27(33)25(16)31/h4-10,25,31H,3,11-12,28H2,1-2H3. The van der Waals surface area contributed by atoms with Crippen molar-refractivity contribution in [2.75, 3.05) is 12.3 Å². The van der Waals surface area contributed by atoms with Crippen molar-refractivity contribution in [2.45, 2.75) is 33.1 Å². The van der Waals surface area contributed by atoms with E-state index < -0.39 is 12.1 Å². The zero-order valence-corrected chi connectivity index (χ0v) is 19.3. The van der Waals surface area contributed by atoms with E-state index in [1.54, 1.807) is 10.6 Å². The maximum Gasteiger partial charge on any atom is 0.340 e. The van der Waals surface area contributed by atoms with Gasteiger partial charge in [-0.3, -0.25) is 4.79 Å². The molecule has 0 bridgehead atoms. The third-order valence-electron chi connectivity index (χ3n) is 6.73. The van der Waals surface area contributed by atoms with E-state index in [-0.39, 0.29) is 23.3 Å². The molecule has 0 saturated heterocycles. The molecular weight excluding hydrogens is 446 g/mol. The van der Waals surface area contributed by atoms with Gasteiger partial charge in [-0.1, -0.05) is 12.1 Å². The molecule has 0 fully saturated rings. The lowest BCUT2D eigenvalue weighted by atomic mass is 9.93. The Kier molecular flexibility index (Phi) is 4.69. The second-order valence-electron chi connectivity index (χ2n) is 8.87. The number of carbonyl (C=O) groups excluding carboxylic acids is 1. The molecule has 4 aromatic rings. The fourth-order valence-electron chi connectivity index (χ4n) is 5.09. The number of hydrogen-bond donors (Lipinski definition) is 2. The van der Waals surface area contributed by atoms with Crippen LogP contribution in [0.4, 0.5) is 5.69 Å². The first kappa shape index (κ1) is 21.4. The SMILES string of the molecule is CCOc1cc2c(-c3cccc(N)c3)c3c(nc2cc1C)-c1cc2c(c(=O)n1C3)COC(=O)C2O. The highest BCUT2D eigenvalue weighted by atomic mass is 16.5. The van der Waals surface area contributed by atoms with Crippen LogP contribution in [0.25, 0.3) is 33.4 Å². The lowest BCUT2D eigenvalue weighted by Crippen LogP contribution is -2.32. The van der Waals surface area contributed by atoms with Gasteiger partial charge >= 0.3 is 5.97 Å². The Balaban J connectivity index is 1.69. The molecule has 3 N–H and O–H groups in total. The predicted molar refractivity (Wildman–Crippen MR) is 131 cm³/mol. The number of pyridine rings is 2. The Morgan fingerprint density at radius 3 is 2.80 bits per heavy atom. The molecule has 35 heavy (non-hydrogen) atoms. The molecule has 8 heteroatoms. The van der Waals surface area contributed by atoms with Crippen LogP contribution in [0.1, 0.15) is 35.3 Å². The summed E-state index contributed by atoms with van der Waals surface area (Å²) < 4.78 is 12.5. The van der Waals surface area contributed by atoms with Crippen LogP contribution in [0.5, 0.6) is 5.75 Å². The van der Waals surface area contributed by atoms with Crippen LogP contribution >= 0.6 is 0 Å². The summed E-state index contributed by atoms with van der Waals surface area (Å²) in [5.41, 5.74) is 12.6. The molecular formula is C27H23N3O5. The number of anilines is 1. The Morgan fingerprint density at radius 2 is 2.03 bits per heavy atom. The number of nitrogen functional groups attached to an aromatic ring is 1. The number of ether oxygens (including phenoxy) is 2. The Labute approximate surface area is 200 Å². The highest BCUT2D eigenvalue weighted by molar-refractivity contribution is 6.01. The van der Waals surface area contributed by atoms with Crippen molar-refractivity contribution < 1.29 is 19.4 Å². The quantitative estimate of drug-likeness (QED) is 0.307. The number of nitrogens with zero attached hydrogens (tertiary/aromatic N) is 2. The minimum Gasteiger partial charge on any atom is -0.494 e. The third kappa shape index (κ3) is 3.14. The first-order valence-electron chi connectivity index (χ1n) is 11.4. The summed E-state index contributed by atoms with van der Waals surface area (Å²) in [5, 5.41) is 11.3. The minimum atomic E-state index is -1.49. The summed E-state index contributed by atoms with van der Waals surface area (Å²) >= 11 is 0. The number of nitrogens with two attached hydrogens (primary N) is 1. The van der Waals surface area contributed by atoms with Crippen molar-refractivity contribution >= 4 is 22.6 Å². The molecule has 0 aliphatic carbocycles. The maximum atomic E-state index is 13.4. The van der Waals surface area contributed by atoms with E-state index in [1.165, 1.54) is 0 Å². The zero-order valence-electron chi connectivity index (χ0n) is 19.3. The molecule has 4 heterocycles. The first-order valence-corrected chi connectivity index (χ1v) is 11.4. The van der Waals surface area contributed by atoms with E-state index in [2.05, 4.69) is 0 Å². The molecule has 0 radical (unpaired) electrons. The second-order valence-corrected chi connectivity index (χ2v) is 8.87. The Bertz CT molecular complexity index is 1620. The van der Waals surface area contributed by atoms with Gasteiger partial charge in [0.15, 0.2) is 6.10 Å². The Hall–Kier alpha value is -4.17. The van der Waals surface area contributed by atoms with Crippen molar-refractivity contribution in [1.29, 1.82) is 0 Å². The maximum absolute atomic E-state index is 13.4. The van der Waals surface area contributed by atoms with Gasteiger partial charge in [-0.05, 0) is 60.9 Å². The van der Waals surface area contributed by atoms with E-state index in [0.29, 0.717) is 30.2 Å². The molecule has 1 unspecified atom stereocenters. The summed E-state index contributed by atoms with van der Waals surface area (Å²) in [7, 11) is 0. The fraction of sp³-hybridized carbons (Fsp3) is 0.222. The molecule has 2 aliphatic rings. The number of esters is 1. The molecule has 8 nitrogen and oxygen atoms in total. The van der Waals surface area contributed by atoms with E-state index in [1.807, 2.05) is 50.2 Å². The van der Waals surface area contributed by atoms with Crippen LogP contribution in [0, 0.1) is 6.92 Å². The number of aliphatic hydroxyl groups is 1. The number of aromatic nitrogens is 2. The lowest BCUT2D eigenvalue weighted by Gasteiger charge is -2.21. The van der Waals surface area contributed by atoms with Crippen molar-refractivity contribution in [3.8, 4) is 28.3 Å². The fourth-order valence-corrected chi connectivity index (χ4v) is 5.09. The van der Waals surface area contributed by atoms with Crippen LogP contribution in [0.2, 0.25) is 0 Å². The van der Waals surface area contributed by atoms with Gasteiger partial charge in [0.2, 0.25) is 0 Å². The monoisotopic (exact) mass is 469 g/mol. The van der Waals surface area contributed by atoms with Crippen molar-refractivity contribution in [3.05, 3.63) is 75.1 Å². The summed E-state index contributed by atoms with van der Waals surface area (Å²) in [6.45, 7) is 4.59. The summed E-state index contributed by atoms with van der Waals surface area (Å²) in [6, 6.07) is 13.3. The molecule has 176 valence electrons. The number of rotatable bonds is 3. The minimum absolute atomic E-state index is 0.158. The van der Waals surface area contributed by atoms with E-state index >= 15 is 0 Å². The van der Waals surface area contributed by atoms with Crippen LogP contribution < -0.4 is 16.0 Å². The largest absolute Gasteiger partial charge is 0.494 e. The van der Waals surface area contributed by atoms with Crippen LogP contribution in [0.15, 0.2) is 47.3 Å². The summed E-state index contributed by atoms with van der Waals surface area (Å²) in [6.07, 6.45) is -1.49. The normalized spacial score (nSPS) is 16.0. The van der Waals surface area contributed by atoms with Gasteiger partial charge in [-0.15, -0.1) is 0 Å². The second kappa shape index (κ2) is 7.68. The van der Waals surface area contributed by atoms with Gasteiger partial charge in [-0.25, -0.2) is 9.78 Å². The van der Waals surface area contributed by atoms with Gasteiger partial charge in [0.1, 0.15) is 12.4 Å². The molecule has 6 rings (SSSR count). The van der Waals surface area contributed by atoms with Crippen molar-refractivity contribution in [2.24, 2.45) is 0 Å². The number of cyclic esters (lactones) is 1. The third-order valence-corrected chi connectivity index (χ3v) is 6.73. The molecule has 1 atom stereocenters. The highest BCUT2D eigenvalue weighted by Gasteiger charge is 2.35. The van der Waals surface area contributed by atoms with E-state index in [0.717, 1.165) is 38.9 Å². The number of carbonyl (C=O) groups is 1. The average molecular weight is 469 g/mol. The van der Waals surface area contributed by atoms with Crippen LogP contribution in [0.3, 0.4) is 0 Å². The van der Waals surface area contributed by atoms with E-state index in [4.69, 9.17) is 20.2 Å². The molecule has 0 spiro atoms. The average Bonchev–Trinajstić information content (AvgIpc) is 3.19. The highest BCUT2D eigenvalue weighted by Crippen LogP contribution is 2.43. The molecule has 2 aliphatic heterocycles. The van der Waals surface area contributed by atoms with Gasteiger partial charge in [0, 0.05) is 22.2 Å². The number of benzene rings is 2. The number of hydrogen-bond acceptors (Lipinski definition) is 7. The molecule has 0 saturated carbocycles.